The highest BCUT2D eigenvalue weighted by molar-refractivity contribution is 7.89. The molecule has 0 saturated carbocycles. The van der Waals surface area contributed by atoms with Crippen LogP contribution in [0, 0.1) is 0 Å². The maximum Gasteiger partial charge on any atom is 0.261 e. The molecule has 1 fully saturated rings. The standard InChI is InChI=1S/C32H33N3O7S/c36-30(24-42-27-13-15-29(16-14-27)43(38,39)34-17-20-40-21-18-34)35(23-25-8-3-1-4-9-25)31(26-10-5-2-6-11-26)32(37)33-22-28-12-7-19-41-28/h1-16,19,31H,17-18,20-24H2,(H,33,37). The zero-order valence-electron chi connectivity index (χ0n) is 23.5. The molecule has 3 aromatic carbocycles. The van der Waals surface area contributed by atoms with E-state index < -0.39 is 22.0 Å². The van der Waals surface area contributed by atoms with E-state index in [4.69, 9.17) is 13.9 Å². The minimum atomic E-state index is -3.66. The van der Waals surface area contributed by atoms with Gasteiger partial charge >= 0.3 is 0 Å². The fourth-order valence-electron chi connectivity index (χ4n) is 4.77. The van der Waals surface area contributed by atoms with Crippen LogP contribution in [0.15, 0.2) is 113 Å². The first kappa shape index (κ1) is 30.0. The molecule has 1 atom stereocenters. The molecular weight excluding hydrogens is 570 g/mol. The van der Waals surface area contributed by atoms with E-state index >= 15 is 0 Å². The zero-order chi connectivity index (χ0) is 30.1. The summed E-state index contributed by atoms with van der Waals surface area (Å²) in [4.78, 5) is 29.1. The summed E-state index contributed by atoms with van der Waals surface area (Å²) < 4.78 is 43.7. The van der Waals surface area contributed by atoms with Gasteiger partial charge in [0.15, 0.2) is 6.61 Å². The molecule has 4 aromatic rings. The second-order valence-corrected chi connectivity index (χ2v) is 11.8. The summed E-state index contributed by atoms with van der Waals surface area (Å²) in [5.74, 6) is 0.122. The number of nitrogens with one attached hydrogen (secondary N) is 1. The van der Waals surface area contributed by atoms with Crippen molar-refractivity contribution in [1.29, 1.82) is 0 Å². The number of benzene rings is 3. The molecule has 5 rings (SSSR count). The fourth-order valence-corrected chi connectivity index (χ4v) is 6.18. The molecule has 224 valence electrons. The largest absolute Gasteiger partial charge is 0.484 e. The van der Waals surface area contributed by atoms with Crippen LogP contribution in [-0.2, 0) is 37.4 Å². The van der Waals surface area contributed by atoms with Crippen LogP contribution in [0.2, 0.25) is 0 Å². The molecule has 11 heteroatoms. The third-order valence-electron chi connectivity index (χ3n) is 7.00. The molecule has 0 aliphatic carbocycles. The molecular formula is C32H33N3O7S. The van der Waals surface area contributed by atoms with E-state index in [0.717, 1.165) is 5.56 Å². The van der Waals surface area contributed by atoms with E-state index in [0.29, 0.717) is 43.4 Å². The molecule has 1 N–H and O–H groups in total. The predicted molar refractivity (Wildman–Crippen MR) is 158 cm³/mol. The van der Waals surface area contributed by atoms with Gasteiger partial charge in [0.05, 0.1) is 30.9 Å². The molecule has 2 amide bonds. The van der Waals surface area contributed by atoms with Gasteiger partial charge in [0, 0.05) is 19.6 Å². The van der Waals surface area contributed by atoms with Gasteiger partial charge in [-0.2, -0.15) is 4.31 Å². The average Bonchev–Trinajstić information content (AvgIpc) is 3.58. The SMILES string of the molecule is O=C(NCc1ccco1)C(c1ccccc1)N(Cc1ccccc1)C(=O)COc1ccc(S(=O)(=O)N2CCOCC2)cc1. The Kier molecular flexibility index (Phi) is 9.88. The van der Waals surface area contributed by atoms with Crippen molar-refractivity contribution in [2.24, 2.45) is 0 Å². The second kappa shape index (κ2) is 14.1. The molecule has 2 heterocycles. The highest BCUT2D eigenvalue weighted by Crippen LogP contribution is 2.25. The van der Waals surface area contributed by atoms with Crippen LogP contribution in [0.5, 0.6) is 5.75 Å². The number of hydrogen-bond acceptors (Lipinski definition) is 7. The maximum atomic E-state index is 13.8. The summed E-state index contributed by atoms with van der Waals surface area (Å²) in [6.07, 6.45) is 1.53. The molecule has 0 bridgehead atoms. The monoisotopic (exact) mass is 603 g/mol. The van der Waals surface area contributed by atoms with Crippen molar-refractivity contribution in [3.63, 3.8) is 0 Å². The Balaban J connectivity index is 1.35. The Morgan fingerprint density at radius 2 is 1.56 bits per heavy atom. The molecule has 0 radical (unpaired) electrons. The number of nitrogens with zero attached hydrogens (tertiary/aromatic N) is 2. The van der Waals surface area contributed by atoms with Gasteiger partial charge in [-0.15, -0.1) is 0 Å². The maximum absolute atomic E-state index is 13.8. The van der Waals surface area contributed by atoms with E-state index in [2.05, 4.69) is 5.32 Å². The number of carbonyl (C=O) groups is 2. The summed E-state index contributed by atoms with van der Waals surface area (Å²) in [5, 5.41) is 2.89. The van der Waals surface area contributed by atoms with Crippen LogP contribution < -0.4 is 10.1 Å². The quantitative estimate of drug-likeness (QED) is 0.262. The summed E-state index contributed by atoms with van der Waals surface area (Å²) in [6, 6.07) is 27.0. The first-order valence-electron chi connectivity index (χ1n) is 13.9. The number of rotatable bonds is 12. The van der Waals surface area contributed by atoms with Crippen LogP contribution >= 0.6 is 0 Å². The van der Waals surface area contributed by atoms with Crippen molar-refractivity contribution in [2.45, 2.75) is 24.0 Å². The van der Waals surface area contributed by atoms with Crippen molar-refractivity contribution in [2.75, 3.05) is 32.9 Å². The van der Waals surface area contributed by atoms with Gasteiger partial charge in [-0.3, -0.25) is 9.59 Å². The van der Waals surface area contributed by atoms with Crippen molar-refractivity contribution < 1.29 is 31.9 Å². The average molecular weight is 604 g/mol. The summed E-state index contributed by atoms with van der Waals surface area (Å²) >= 11 is 0. The van der Waals surface area contributed by atoms with Crippen LogP contribution in [0.3, 0.4) is 0 Å². The number of carbonyl (C=O) groups excluding carboxylic acids is 2. The normalized spacial score (nSPS) is 14.5. The van der Waals surface area contributed by atoms with Gasteiger partial charge in [-0.1, -0.05) is 60.7 Å². The van der Waals surface area contributed by atoms with E-state index in [9.17, 15) is 18.0 Å². The lowest BCUT2D eigenvalue weighted by Crippen LogP contribution is -2.45. The molecule has 1 aromatic heterocycles. The number of morpholine rings is 1. The second-order valence-electron chi connectivity index (χ2n) is 9.89. The van der Waals surface area contributed by atoms with E-state index in [-0.39, 0.29) is 30.5 Å². The minimum Gasteiger partial charge on any atom is -0.484 e. The van der Waals surface area contributed by atoms with Gasteiger partial charge in [0.1, 0.15) is 17.6 Å². The third kappa shape index (κ3) is 7.69. The highest BCUT2D eigenvalue weighted by atomic mass is 32.2. The molecule has 0 spiro atoms. The number of sulfonamides is 1. The molecule has 10 nitrogen and oxygen atoms in total. The molecule has 1 unspecified atom stereocenters. The van der Waals surface area contributed by atoms with Crippen molar-refractivity contribution in [1.82, 2.24) is 14.5 Å². The Labute approximate surface area is 250 Å². The highest BCUT2D eigenvalue weighted by Gasteiger charge is 2.32. The van der Waals surface area contributed by atoms with Crippen LogP contribution in [-0.4, -0.2) is 62.3 Å². The number of hydrogen-bond donors (Lipinski definition) is 1. The first-order valence-corrected chi connectivity index (χ1v) is 15.3. The number of amides is 2. The van der Waals surface area contributed by atoms with Gasteiger partial charge in [0.2, 0.25) is 15.9 Å². The lowest BCUT2D eigenvalue weighted by Gasteiger charge is -2.31. The Bertz CT molecular complexity index is 1570. The van der Waals surface area contributed by atoms with E-state index in [1.54, 1.807) is 24.3 Å². The van der Waals surface area contributed by atoms with Crippen LogP contribution in [0.1, 0.15) is 22.9 Å². The topological polar surface area (TPSA) is 118 Å². The Morgan fingerprint density at radius 1 is 0.884 bits per heavy atom. The zero-order valence-corrected chi connectivity index (χ0v) is 24.3. The number of furan rings is 1. The summed E-state index contributed by atoms with van der Waals surface area (Å²) in [5.41, 5.74) is 1.48. The van der Waals surface area contributed by atoms with Crippen molar-refractivity contribution in [3.8, 4) is 5.75 Å². The molecule has 1 aliphatic heterocycles. The first-order chi connectivity index (χ1) is 20.9. The van der Waals surface area contributed by atoms with Gasteiger partial charge in [0.25, 0.3) is 5.91 Å². The van der Waals surface area contributed by atoms with Crippen LogP contribution in [0.25, 0.3) is 0 Å². The molecule has 1 saturated heterocycles. The minimum absolute atomic E-state index is 0.135. The smallest absolute Gasteiger partial charge is 0.261 e. The van der Waals surface area contributed by atoms with E-state index in [1.807, 2.05) is 48.5 Å². The van der Waals surface area contributed by atoms with Crippen LogP contribution in [0.4, 0.5) is 0 Å². The fraction of sp³-hybridized carbons (Fsp3) is 0.250. The summed E-state index contributed by atoms with van der Waals surface area (Å²) in [6.45, 7) is 1.26. The van der Waals surface area contributed by atoms with Gasteiger partial charge < -0.3 is 24.1 Å². The van der Waals surface area contributed by atoms with E-state index in [1.165, 1.54) is 39.7 Å². The predicted octanol–water partition coefficient (Wildman–Crippen LogP) is 3.77. The molecule has 43 heavy (non-hydrogen) atoms. The van der Waals surface area contributed by atoms with Crippen molar-refractivity contribution >= 4 is 21.8 Å². The van der Waals surface area contributed by atoms with Crippen molar-refractivity contribution in [3.05, 3.63) is 120 Å². The Morgan fingerprint density at radius 3 is 2.21 bits per heavy atom. The van der Waals surface area contributed by atoms with Gasteiger partial charge in [-0.05, 0) is 47.5 Å². The lowest BCUT2D eigenvalue weighted by atomic mass is 10.0. The lowest BCUT2D eigenvalue weighted by molar-refractivity contribution is -0.143. The summed E-state index contributed by atoms with van der Waals surface area (Å²) in [7, 11) is -3.66. The Hall–Kier alpha value is -4.45. The molecule has 1 aliphatic rings. The third-order valence-corrected chi connectivity index (χ3v) is 8.92. The number of ether oxygens (including phenoxy) is 2. The van der Waals surface area contributed by atoms with Gasteiger partial charge in [-0.25, -0.2) is 8.42 Å².